The number of aromatic nitrogens is 2. The zero-order valence-corrected chi connectivity index (χ0v) is 13.5. The third kappa shape index (κ3) is 3.74. The number of unbranched alkanes of at least 4 members (excludes halogenated alkanes) is 1. The monoisotopic (exact) mass is 299 g/mol. The third-order valence-electron chi connectivity index (χ3n) is 3.92. The molecule has 0 amide bonds. The fourth-order valence-corrected chi connectivity index (χ4v) is 2.83. The molecule has 20 heavy (non-hydrogen) atoms. The van der Waals surface area contributed by atoms with Crippen molar-refractivity contribution in [3.8, 4) is 0 Å². The fourth-order valence-electron chi connectivity index (χ4n) is 2.64. The van der Waals surface area contributed by atoms with Crippen LogP contribution in [0.25, 0.3) is 0 Å². The minimum atomic E-state index is 0.281. The highest BCUT2D eigenvalue weighted by Crippen LogP contribution is 2.32. The van der Waals surface area contributed by atoms with Crippen molar-refractivity contribution < 1.29 is 5.11 Å². The molecule has 2 rings (SSSR count). The lowest BCUT2D eigenvalue weighted by Crippen LogP contribution is -2.27. The third-order valence-corrected chi connectivity index (χ3v) is 4.40. The summed E-state index contributed by atoms with van der Waals surface area (Å²) in [7, 11) is 1.91. The highest BCUT2D eigenvalue weighted by atomic mass is 35.5. The number of hydrogen-bond donors (Lipinski definition) is 1. The second-order valence-corrected chi connectivity index (χ2v) is 6.42. The molecule has 0 saturated heterocycles. The van der Waals surface area contributed by atoms with Gasteiger partial charge in [0.25, 0.3) is 0 Å². The molecule has 1 heterocycles. The van der Waals surface area contributed by atoms with Gasteiger partial charge in [0.1, 0.15) is 5.15 Å². The van der Waals surface area contributed by atoms with Gasteiger partial charge in [0.15, 0.2) is 0 Å². The molecule has 5 heteroatoms. The number of rotatable bonds is 8. The van der Waals surface area contributed by atoms with Gasteiger partial charge in [0, 0.05) is 31.8 Å². The summed E-state index contributed by atoms with van der Waals surface area (Å²) in [5.41, 5.74) is 2.30. The summed E-state index contributed by atoms with van der Waals surface area (Å²) < 4.78 is 1.78. The number of nitrogens with zero attached hydrogens (tertiary/aromatic N) is 3. The molecular formula is C15H26ClN3O. The Labute approximate surface area is 126 Å². The van der Waals surface area contributed by atoms with E-state index >= 15 is 0 Å². The van der Waals surface area contributed by atoms with E-state index in [0.29, 0.717) is 12.0 Å². The molecule has 1 aromatic heterocycles. The molecule has 4 nitrogen and oxygen atoms in total. The highest BCUT2D eigenvalue weighted by molar-refractivity contribution is 6.30. The van der Waals surface area contributed by atoms with E-state index in [2.05, 4.69) is 23.8 Å². The minimum Gasteiger partial charge on any atom is -0.396 e. The average Bonchev–Trinajstić information content (AvgIpc) is 3.20. The Morgan fingerprint density at radius 3 is 2.65 bits per heavy atom. The van der Waals surface area contributed by atoms with Crippen molar-refractivity contribution in [3.05, 3.63) is 16.4 Å². The quantitative estimate of drug-likeness (QED) is 0.750. The van der Waals surface area contributed by atoms with Crippen LogP contribution in [0, 0.1) is 0 Å². The van der Waals surface area contributed by atoms with Crippen molar-refractivity contribution in [2.75, 3.05) is 13.2 Å². The van der Waals surface area contributed by atoms with Crippen LogP contribution in [0.15, 0.2) is 0 Å². The largest absolute Gasteiger partial charge is 0.396 e. The molecule has 1 saturated carbocycles. The van der Waals surface area contributed by atoms with Crippen molar-refractivity contribution >= 4 is 11.6 Å². The summed E-state index contributed by atoms with van der Waals surface area (Å²) in [6.07, 6.45) is 4.49. The van der Waals surface area contributed by atoms with Crippen LogP contribution >= 0.6 is 11.6 Å². The Morgan fingerprint density at radius 1 is 1.40 bits per heavy atom. The predicted octanol–water partition coefficient (Wildman–Crippen LogP) is 2.93. The second kappa shape index (κ2) is 6.92. The summed E-state index contributed by atoms with van der Waals surface area (Å²) >= 11 is 6.42. The first-order valence-electron chi connectivity index (χ1n) is 7.60. The number of aliphatic hydroxyl groups is 1. The molecular weight excluding hydrogens is 274 g/mol. The van der Waals surface area contributed by atoms with Crippen LogP contribution in [-0.4, -0.2) is 39.0 Å². The molecule has 1 aliphatic carbocycles. The van der Waals surface area contributed by atoms with E-state index in [1.807, 2.05) is 7.05 Å². The first-order chi connectivity index (χ1) is 9.54. The lowest BCUT2D eigenvalue weighted by atomic mass is 10.1. The molecule has 1 fully saturated rings. The van der Waals surface area contributed by atoms with E-state index in [9.17, 15) is 0 Å². The zero-order valence-electron chi connectivity index (χ0n) is 12.8. The highest BCUT2D eigenvalue weighted by Gasteiger charge is 2.30. The predicted molar refractivity (Wildman–Crippen MR) is 82.1 cm³/mol. The number of halogens is 1. The Kier molecular flexibility index (Phi) is 5.47. The minimum absolute atomic E-state index is 0.281. The molecule has 0 spiro atoms. The summed E-state index contributed by atoms with van der Waals surface area (Å²) in [5.74, 6) is 0.391. The van der Waals surface area contributed by atoms with Crippen LogP contribution in [0.4, 0.5) is 0 Å². The summed E-state index contributed by atoms with van der Waals surface area (Å²) in [4.78, 5) is 2.50. The van der Waals surface area contributed by atoms with E-state index in [4.69, 9.17) is 16.7 Å². The molecule has 1 aromatic rings. The van der Waals surface area contributed by atoms with Gasteiger partial charge >= 0.3 is 0 Å². The molecule has 1 aliphatic rings. The van der Waals surface area contributed by atoms with Gasteiger partial charge in [0.2, 0.25) is 0 Å². The first-order valence-corrected chi connectivity index (χ1v) is 7.98. The van der Waals surface area contributed by atoms with Gasteiger partial charge in [-0.25, -0.2) is 0 Å². The Morgan fingerprint density at radius 2 is 2.10 bits per heavy atom. The van der Waals surface area contributed by atoms with Crippen molar-refractivity contribution in [2.45, 2.75) is 58.0 Å². The number of aryl methyl sites for hydroxylation is 1. The Hall–Kier alpha value is -0.580. The van der Waals surface area contributed by atoms with E-state index in [1.54, 1.807) is 4.68 Å². The molecule has 1 N–H and O–H groups in total. The van der Waals surface area contributed by atoms with Crippen LogP contribution in [-0.2, 0) is 13.6 Å². The number of hydrogen-bond acceptors (Lipinski definition) is 3. The van der Waals surface area contributed by atoms with Gasteiger partial charge in [-0.05, 0) is 38.1 Å². The van der Waals surface area contributed by atoms with Crippen molar-refractivity contribution in [2.24, 2.45) is 7.05 Å². The average molecular weight is 300 g/mol. The van der Waals surface area contributed by atoms with Crippen molar-refractivity contribution in [1.29, 1.82) is 0 Å². The summed E-state index contributed by atoms with van der Waals surface area (Å²) in [6, 6.07) is 0.699. The smallest absolute Gasteiger partial charge is 0.131 e. The van der Waals surface area contributed by atoms with Crippen LogP contribution in [0.3, 0.4) is 0 Å². The van der Waals surface area contributed by atoms with Crippen molar-refractivity contribution in [3.63, 3.8) is 0 Å². The van der Waals surface area contributed by atoms with Gasteiger partial charge in [-0.2, -0.15) is 5.10 Å². The maximum atomic E-state index is 8.93. The summed E-state index contributed by atoms with van der Waals surface area (Å²) in [5, 5.41) is 14.3. The topological polar surface area (TPSA) is 41.3 Å². The zero-order chi connectivity index (χ0) is 14.7. The first kappa shape index (κ1) is 15.8. The lowest BCUT2D eigenvalue weighted by molar-refractivity contribution is 0.228. The van der Waals surface area contributed by atoms with E-state index in [-0.39, 0.29) is 6.61 Å². The van der Waals surface area contributed by atoms with Gasteiger partial charge in [-0.3, -0.25) is 9.58 Å². The van der Waals surface area contributed by atoms with E-state index in [0.717, 1.165) is 36.8 Å². The van der Waals surface area contributed by atoms with Crippen LogP contribution in [0.5, 0.6) is 0 Å². The SMILES string of the molecule is CC(C)c1nn(C)c(Cl)c1CN(CCCCO)C1CC1. The summed E-state index contributed by atoms with van der Waals surface area (Å²) in [6.45, 7) is 6.53. The van der Waals surface area contributed by atoms with E-state index in [1.165, 1.54) is 18.4 Å². The second-order valence-electron chi connectivity index (χ2n) is 6.07. The number of aliphatic hydroxyl groups excluding tert-OH is 1. The molecule has 0 aliphatic heterocycles. The Bertz CT molecular complexity index is 441. The normalized spacial score (nSPS) is 15.6. The van der Waals surface area contributed by atoms with Crippen LogP contribution in [0.2, 0.25) is 5.15 Å². The molecule has 0 aromatic carbocycles. The van der Waals surface area contributed by atoms with Gasteiger partial charge in [-0.15, -0.1) is 0 Å². The van der Waals surface area contributed by atoms with Crippen LogP contribution < -0.4 is 0 Å². The Balaban J connectivity index is 2.09. The fraction of sp³-hybridized carbons (Fsp3) is 0.800. The van der Waals surface area contributed by atoms with Gasteiger partial charge in [0.05, 0.1) is 5.69 Å². The molecule has 0 unspecified atom stereocenters. The van der Waals surface area contributed by atoms with E-state index < -0.39 is 0 Å². The molecule has 0 bridgehead atoms. The molecule has 0 radical (unpaired) electrons. The van der Waals surface area contributed by atoms with Crippen LogP contribution in [0.1, 0.15) is 56.7 Å². The maximum absolute atomic E-state index is 8.93. The van der Waals surface area contributed by atoms with Crippen molar-refractivity contribution in [1.82, 2.24) is 14.7 Å². The maximum Gasteiger partial charge on any atom is 0.131 e. The molecule has 0 atom stereocenters. The van der Waals surface area contributed by atoms with Gasteiger partial charge in [-0.1, -0.05) is 25.4 Å². The molecule has 114 valence electrons. The lowest BCUT2D eigenvalue weighted by Gasteiger charge is -2.22. The standard InChI is InChI=1S/C15H26ClN3O/c1-11(2)14-13(15(16)18(3)17-14)10-19(12-6-7-12)8-4-5-9-20/h11-12,20H,4-10H2,1-3H3. The van der Waals surface area contributed by atoms with Gasteiger partial charge < -0.3 is 5.11 Å².